The van der Waals surface area contributed by atoms with Crippen LogP contribution in [0.3, 0.4) is 0 Å². The molecule has 0 aromatic heterocycles. The number of halogens is 1. The van der Waals surface area contributed by atoms with Gasteiger partial charge < -0.3 is 20.7 Å². The van der Waals surface area contributed by atoms with Crippen LogP contribution in [-0.4, -0.2) is 29.5 Å². The van der Waals surface area contributed by atoms with Gasteiger partial charge in [0, 0.05) is 5.56 Å². The zero-order valence-electron chi connectivity index (χ0n) is 17.8. The fourth-order valence-corrected chi connectivity index (χ4v) is 3.60. The number of nitrogens with two attached hydrogens (primary N) is 1. The minimum Gasteiger partial charge on any atom is -0.489 e. The van der Waals surface area contributed by atoms with Gasteiger partial charge in [-0.2, -0.15) is 0 Å². The molecule has 0 bridgehead atoms. The number of para-hydroxylation sites is 1. The van der Waals surface area contributed by atoms with Gasteiger partial charge in [0.15, 0.2) is 0 Å². The third kappa shape index (κ3) is 6.39. The zero-order chi connectivity index (χ0) is 22.9. The molecule has 0 aliphatic heterocycles. The predicted molar refractivity (Wildman–Crippen MR) is 122 cm³/mol. The van der Waals surface area contributed by atoms with Gasteiger partial charge in [0.05, 0.1) is 25.7 Å². The van der Waals surface area contributed by atoms with Crippen molar-refractivity contribution in [1.29, 1.82) is 0 Å². The smallest absolute Gasteiger partial charge is 0.307 e. The molecule has 0 radical (unpaired) electrons. The lowest BCUT2D eigenvalue weighted by atomic mass is 9.95. The summed E-state index contributed by atoms with van der Waals surface area (Å²) in [6.07, 6.45) is 0.916. The summed E-state index contributed by atoms with van der Waals surface area (Å²) in [7, 11) is 0. The lowest BCUT2D eigenvalue weighted by molar-refractivity contribution is -0.136. The Bertz CT molecular complexity index is 1050. The van der Waals surface area contributed by atoms with E-state index in [9.17, 15) is 14.3 Å². The van der Waals surface area contributed by atoms with E-state index in [-0.39, 0.29) is 26.3 Å². The lowest BCUT2D eigenvalue weighted by Crippen LogP contribution is -2.14. The molecule has 0 unspecified atom stereocenters. The summed E-state index contributed by atoms with van der Waals surface area (Å²) in [6, 6.07) is 20.3. The SMILES string of the molecule is N[C@H](CO)c1cccc(-c2cc(CCCF)cc(COc3ccccc3CC(=O)O)c2)c1. The van der Waals surface area contributed by atoms with Crippen LogP contribution in [0.1, 0.15) is 34.7 Å². The summed E-state index contributed by atoms with van der Waals surface area (Å²) in [5.41, 5.74) is 11.2. The average molecular weight is 438 g/mol. The van der Waals surface area contributed by atoms with E-state index in [4.69, 9.17) is 15.6 Å². The molecule has 1 atom stereocenters. The number of carboxylic acid groups (broad SMARTS) is 1. The molecule has 0 aliphatic carbocycles. The van der Waals surface area contributed by atoms with Crippen LogP contribution in [0.25, 0.3) is 11.1 Å². The topological polar surface area (TPSA) is 92.8 Å². The van der Waals surface area contributed by atoms with Gasteiger partial charge >= 0.3 is 5.97 Å². The summed E-state index contributed by atoms with van der Waals surface area (Å²) < 4.78 is 18.8. The predicted octanol–water partition coefficient (Wildman–Crippen LogP) is 4.45. The largest absolute Gasteiger partial charge is 0.489 e. The second kappa shape index (κ2) is 11.4. The Balaban J connectivity index is 1.89. The van der Waals surface area contributed by atoms with E-state index in [2.05, 4.69) is 0 Å². The quantitative estimate of drug-likeness (QED) is 0.412. The molecular formula is C26H28FNO4. The molecule has 0 fully saturated rings. The number of carbonyl (C=O) groups is 1. The second-order valence-electron chi connectivity index (χ2n) is 7.71. The van der Waals surface area contributed by atoms with E-state index in [1.807, 2.05) is 42.5 Å². The van der Waals surface area contributed by atoms with Gasteiger partial charge in [0.1, 0.15) is 12.4 Å². The third-order valence-corrected chi connectivity index (χ3v) is 5.21. The van der Waals surface area contributed by atoms with E-state index in [1.54, 1.807) is 24.3 Å². The number of aliphatic hydroxyl groups is 1. The van der Waals surface area contributed by atoms with Crippen LogP contribution in [0.4, 0.5) is 4.39 Å². The molecule has 6 heteroatoms. The number of aliphatic carboxylic acids is 1. The molecule has 0 spiro atoms. The number of aryl methyl sites for hydroxylation is 1. The van der Waals surface area contributed by atoms with Crippen molar-refractivity contribution in [2.45, 2.75) is 31.9 Å². The Labute approximate surface area is 187 Å². The molecule has 32 heavy (non-hydrogen) atoms. The number of hydrogen-bond donors (Lipinski definition) is 3. The van der Waals surface area contributed by atoms with E-state index < -0.39 is 12.0 Å². The van der Waals surface area contributed by atoms with Crippen LogP contribution in [0.2, 0.25) is 0 Å². The van der Waals surface area contributed by atoms with Crippen LogP contribution >= 0.6 is 0 Å². The van der Waals surface area contributed by atoms with Crippen molar-refractivity contribution in [1.82, 2.24) is 0 Å². The van der Waals surface area contributed by atoms with Crippen molar-refractivity contribution in [3.63, 3.8) is 0 Å². The molecule has 3 aromatic carbocycles. The van der Waals surface area contributed by atoms with E-state index in [0.717, 1.165) is 27.8 Å². The Morgan fingerprint density at radius 3 is 2.53 bits per heavy atom. The first-order chi connectivity index (χ1) is 15.5. The monoisotopic (exact) mass is 437 g/mol. The van der Waals surface area contributed by atoms with E-state index >= 15 is 0 Å². The van der Waals surface area contributed by atoms with E-state index in [0.29, 0.717) is 24.2 Å². The summed E-state index contributed by atoms with van der Waals surface area (Å²) >= 11 is 0. The van der Waals surface area contributed by atoms with Gasteiger partial charge in [-0.1, -0.05) is 48.5 Å². The summed E-state index contributed by atoms with van der Waals surface area (Å²) in [5, 5.41) is 18.5. The van der Waals surface area contributed by atoms with Crippen molar-refractivity contribution in [3.8, 4) is 16.9 Å². The molecule has 4 N–H and O–H groups in total. The molecule has 5 nitrogen and oxygen atoms in total. The van der Waals surface area contributed by atoms with Crippen LogP contribution in [-0.2, 0) is 24.2 Å². The lowest BCUT2D eigenvalue weighted by Gasteiger charge is -2.14. The normalized spacial score (nSPS) is 11.8. The van der Waals surface area contributed by atoms with Crippen LogP contribution in [0, 0.1) is 0 Å². The Morgan fingerprint density at radius 2 is 1.78 bits per heavy atom. The Hall–Kier alpha value is -3.22. The molecule has 0 aliphatic rings. The first kappa shape index (κ1) is 23.4. The number of alkyl halides is 1. The summed E-state index contributed by atoms with van der Waals surface area (Å²) in [5.74, 6) is -0.390. The van der Waals surface area contributed by atoms with Gasteiger partial charge in [0.25, 0.3) is 0 Å². The number of rotatable bonds is 11. The zero-order valence-corrected chi connectivity index (χ0v) is 17.8. The fraction of sp³-hybridized carbons (Fsp3) is 0.269. The number of hydrogen-bond acceptors (Lipinski definition) is 4. The second-order valence-corrected chi connectivity index (χ2v) is 7.71. The van der Waals surface area contributed by atoms with Gasteiger partial charge in [0.2, 0.25) is 0 Å². The fourth-order valence-electron chi connectivity index (χ4n) is 3.60. The van der Waals surface area contributed by atoms with Crippen molar-refractivity contribution in [3.05, 3.63) is 89.0 Å². The number of carboxylic acids is 1. The minimum absolute atomic E-state index is 0.115. The maximum atomic E-state index is 12.8. The average Bonchev–Trinajstić information content (AvgIpc) is 2.81. The molecule has 0 amide bonds. The van der Waals surface area contributed by atoms with Crippen molar-refractivity contribution < 1.29 is 24.1 Å². The molecule has 3 rings (SSSR count). The van der Waals surface area contributed by atoms with Crippen molar-refractivity contribution >= 4 is 5.97 Å². The highest BCUT2D eigenvalue weighted by atomic mass is 19.1. The third-order valence-electron chi connectivity index (χ3n) is 5.21. The van der Waals surface area contributed by atoms with Crippen molar-refractivity contribution in [2.24, 2.45) is 5.73 Å². The first-order valence-corrected chi connectivity index (χ1v) is 10.6. The molecular weight excluding hydrogens is 409 g/mol. The van der Waals surface area contributed by atoms with Crippen LogP contribution < -0.4 is 10.5 Å². The maximum absolute atomic E-state index is 12.8. The molecule has 0 heterocycles. The van der Waals surface area contributed by atoms with Crippen molar-refractivity contribution in [2.75, 3.05) is 13.3 Å². The minimum atomic E-state index is -0.919. The summed E-state index contributed by atoms with van der Waals surface area (Å²) in [4.78, 5) is 11.1. The standard InChI is InChI=1S/C26H28FNO4/c27-10-4-5-18-11-19(17-32-25-9-2-1-6-22(25)15-26(30)31)13-23(12-18)20-7-3-8-21(14-20)24(28)16-29/h1-3,6-9,11-14,24,29H,4-5,10,15-17,28H2,(H,30,31)/t24-/m1/s1. The van der Waals surface area contributed by atoms with Gasteiger partial charge in [-0.15, -0.1) is 0 Å². The maximum Gasteiger partial charge on any atom is 0.307 e. The van der Waals surface area contributed by atoms with Gasteiger partial charge in [-0.25, -0.2) is 0 Å². The number of aliphatic hydroxyl groups excluding tert-OH is 1. The van der Waals surface area contributed by atoms with Gasteiger partial charge in [-0.05, 0) is 58.9 Å². The highest BCUT2D eigenvalue weighted by Gasteiger charge is 2.11. The summed E-state index contributed by atoms with van der Waals surface area (Å²) in [6.45, 7) is -0.281. The Kier molecular flexibility index (Phi) is 8.36. The number of benzene rings is 3. The highest BCUT2D eigenvalue weighted by molar-refractivity contribution is 5.71. The highest BCUT2D eigenvalue weighted by Crippen LogP contribution is 2.27. The van der Waals surface area contributed by atoms with Crippen LogP contribution in [0.15, 0.2) is 66.7 Å². The molecule has 3 aromatic rings. The molecule has 0 saturated carbocycles. The van der Waals surface area contributed by atoms with Gasteiger partial charge in [-0.3, -0.25) is 9.18 Å². The molecule has 0 saturated heterocycles. The molecule has 168 valence electrons. The first-order valence-electron chi connectivity index (χ1n) is 10.6. The van der Waals surface area contributed by atoms with Crippen LogP contribution in [0.5, 0.6) is 5.75 Å². The number of ether oxygens (including phenoxy) is 1. The van der Waals surface area contributed by atoms with E-state index in [1.165, 1.54) is 0 Å². The Morgan fingerprint density at radius 1 is 1.00 bits per heavy atom.